The van der Waals surface area contributed by atoms with Crippen LogP contribution in [0.3, 0.4) is 0 Å². The van der Waals surface area contributed by atoms with Crippen molar-refractivity contribution in [2.24, 2.45) is 5.92 Å². The first-order valence-electron chi connectivity index (χ1n) is 9.93. The van der Waals surface area contributed by atoms with E-state index in [-0.39, 0.29) is 18.9 Å². The molecule has 0 amide bonds. The van der Waals surface area contributed by atoms with Gasteiger partial charge in [-0.05, 0) is 49.2 Å². The monoisotopic (exact) mass is 463 g/mol. The maximum atomic E-state index is 12.8. The van der Waals surface area contributed by atoms with Crippen LogP contribution in [0, 0.1) is 12.8 Å². The van der Waals surface area contributed by atoms with Crippen molar-refractivity contribution >= 4 is 17.3 Å². The number of aliphatic carboxylic acids is 1. The van der Waals surface area contributed by atoms with Gasteiger partial charge in [0.2, 0.25) is 0 Å². The number of halogens is 3. The van der Waals surface area contributed by atoms with Gasteiger partial charge >= 0.3 is 12.1 Å². The molecule has 1 N–H and O–H groups in total. The van der Waals surface area contributed by atoms with Crippen LogP contribution in [0.5, 0.6) is 11.5 Å². The van der Waals surface area contributed by atoms with Gasteiger partial charge in [-0.1, -0.05) is 12.1 Å². The van der Waals surface area contributed by atoms with Crippen molar-refractivity contribution in [1.29, 1.82) is 0 Å². The first kappa shape index (κ1) is 22.1. The third-order valence-corrected chi connectivity index (χ3v) is 6.38. The molecule has 0 radical (unpaired) electrons. The van der Waals surface area contributed by atoms with Gasteiger partial charge < -0.3 is 14.6 Å². The number of ether oxygens (including phenoxy) is 2. The second-order valence-electron chi connectivity index (χ2n) is 7.64. The average molecular weight is 463 g/mol. The lowest BCUT2D eigenvalue weighted by Gasteiger charge is -2.24. The van der Waals surface area contributed by atoms with Gasteiger partial charge in [0.05, 0.1) is 29.2 Å². The predicted molar refractivity (Wildman–Crippen MR) is 113 cm³/mol. The van der Waals surface area contributed by atoms with Crippen molar-refractivity contribution in [2.75, 3.05) is 6.61 Å². The Hall–Kier alpha value is -3.07. The summed E-state index contributed by atoms with van der Waals surface area (Å²) in [6.07, 6.45) is -3.71. The minimum atomic E-state index is -4.37. The standard InChI is InChI=1S/C23H20F3NO4S/c1-13-20(32-22(27-13)15-2-4-17(5-3-15)23(24,25)26)12-30-18-6-7-19-16(10-18)8-14(11-31-19)9-21(28)29/h2-7,10,14H,8-9,11-12H2,1H3,(H,28,29). The predicted octanol–water partition coefficient (Wildman–Crippen LogP) is 5.74. The third-order valence-electron chi connectivity index (χ3n) is 5.20. The molecule has 1 aliphatic rings. The molecule has 1 unspecified atom stereocenters. The third kappa shape index (κ3) is 5.04. The van der Waals surface area contributed by atoms with Gasteiger partial charge in [0.25, 0.3) is 0 Å². The van der Waals surface area contributed by atoms with Crippen LogP contribution in [0.2, 0.25) is 0 Å². The summed E-state index contributed by atoms with van der Waals surface area (Å²) < 4.78 is 49.9. The van der Waals surface area contributed by atoms with E-state index in [1.807, 2.05) is 19.1 Å². The largest absolute Gasteiger partial charge is 0.493 e. The molecule has 4 rings (SSSR count). The van der Waals surface area contributed by atoms with Crippen molar-refractivity contribution in [1.82, 2.24) is 4.98 Å². The molecule has 0 fully saturated rings. The lowest BCUT2D eigenvalue weighted by atomic mass is 9.94. The maximum absolute atomic E-state index is 12.8. The summed E-state index contributed by atoms with van der Waals surface area (Å²) in [5.74, 6) is 0.439. The lowest BCUT2D eigenvalue weighted by Crippen LogP contribution is -2.23. The number of nitrogens with zero attached hydrogens (tertiary/aromatic N) is 1. The van der Waals surface area contributed by atoms with E-state index in [0.717, 1.165) is 34.0 Å². The lowest BCUT2D eigenvalue weighted by molar-refractivity contribution is -0.139. The number of benzene rings is 2. The van der Waals surface area contributed by atoms with Gasteiger partial charge in [-0.25, -0.2) is 4.98 Å². The molecule has 2 heterocycles. The maximum Gasteiger partial charge on any atom is 0.416 e. The second kappa shape index (κ2) is 8.82. The minimum Gasteiger partial charge on any atom is -0.493 e. The van der Waals surface area contributed by atoms with Crippen molar-refractivity contribution < 1.29 is 32.5 Å². The molecule has 0 saturated carbocycles. The Labute approximate surface area is 186 Å². The molecule has 0 saturated heterocycles. The van der Waals surface area contributed by atoms with Crippen molar-refractivity contribution in [3.05, 3.63) is 64.2 Å². The number of aromatic nitrogens is 1. The SMILES string of the molecule is Cc1nc(-c2ccc(C(F)(F)F)cc2)sc1COc1ccc2c(c1)CC(CC(=O)O)CO2. The fourth-order valence-corrected chi connectivity index (χ4v) is 4.52. The van der Waals surface area contributed by atoms with Crippen LogP contribution in [0.1, 0.15) is 28.1 Å². The Morgan fingerprint density at radius 3 is 2.69 bits per heavy atom. The zero-order valence-electron chi connectivity index (χ0n) is 17.1. The summed E-state index contributed by atoms with van der Waals surface area (Å²) in [4.78, 5) is 16.3. The molecule has 1 aliphatic heterocycles. The molecule has 0 bridgehead atoms. The van der Waals surface area contributed by atoms with E-state index >= 15 is 0 Å². The summed E-state index contributed by atoms with van der Waals surface area (Å²) in [5.41, 5.74) is 1.59. The van der Waals surface area contributed by atoms with Crippen molar-refractivity contribution in [2.45, 2.75) is 32.5 Å². The average Bonchev–Trinajstić information content (AvgIpc) is 3.11. The molecule has 2 aromatic carbocycles. The first-order valence-corrected chi connectivity index (χ1v) is 10.7. The molecule has 168 valence electrons. The molecule has 32 heavy (non-hydrogen) atoms. The first-order chi connectivity index (χ1) is 15.2. The van der Waals surface area contributed by atoms with Gasteiger partial charge in [0.15, 0.2) is 0 Å². The highest BCUT2D eigenvalue weighted by Gasteiger charge is 2.30. The number of rotatable bonds is 6. The molecule has 1 aromatic heterocycles. The molecule has 5 nitrogen and oxygen atoms in total. The zero-order chi connectivity index (χ0) is 22.9. The van der Waals surface area contributed by atoms with E-state index in [1.54, 1.807) is 6.07 Å². The quantitative estimate of drug-likeness (QED) is 0.505. The highest BCUT2D eigenvalue weighted by molar-refractivity contribution is 7.15. The summed E-state index contributed by atoms with van der Waals surface area (Å²) in [5, 5.41) is 9.63. The number of aryl methyl sites for hydroxylation is 1. The van der Waals surface area contributed by atoms with E-state index < -0.39 is 17.7 Å². The van der Waals surface area contributed by atoms with Gasteiger partial charge in [-0.2, -0.15) is 13.2 Å². The van der Waals surface area contributed by atoms with E-state index in [0.29, 0.717) is 29.3 Å². The number of thiazole rings is 1. The van der Waals surface area contributed by atoms with Gasteiger partial charge in [-0.15, -0.1) is 11.3 Å². The second-order valence-corrected chi connectivity index (χ2v) is 8.72. The Balaban J connectivity index is 1.44. The summed E-state index contributed by atoms with van der Waals surface area (Å²) in [7, 11) is 0. The fourth-order valence-electron chi connectivity index (χ4n) is 3.54. The van der Waals surface area contributed by atoms with E-state index in [4.69, 9.17) is 14.6 Å². The van der Waals surface area contributed by atoms with Crippen LogP contribution >= 0.6 is 11.3 Å². The van der Waals surface area contributed by atoms with E-state index in [9.17, 15) is 18.0 Å². The number of fused-ring (bicyclic) bond motifs is 1. The van der Waals surface area contributed by atoms with Gasteiger partial charge in [0, 0.05) is 11.5 Å². The molecular formula is C23H20F3NO4S. The normalized spacial score (nSPS) is 15.7. The Morgan fingerprint density at radius 1 is 1.25 bits per heavy atom. The highest BCUT2D eigenvalue weighted by Crippen LogP contribution is 2.35. The summed E-state index contributed by atoms with van der Waals surface area (Å²) >= 11 is 1.37. The minimum absolute atomic E-state index is 0.0529. The number of carboxylic acid groups (broad SMARTS) is 1. The van der Waals surface area contributed by atoms with Crippen LogP contribution in [-0.2, 0) is 24.0 Å². The van der Waals surface area contributed by atoms with E-state index in [2.05, 4.69) is 4.98 Å². The zero-order valence-corrected chi connectivity index (χ0v) is 17.9. The van der Waals surface area contributed by atoms with Gasteiger partial charge in [0.1, 0.15) is 23.1 Å². The summed E-state index contributed by atoms with van der Waals surface area (Å²) in [6.45, 7) is 2.48. The number of alkyl halides is 3. The van der Waals surface area contributed by atoms with Crippen LogP contribution in [0.25, 0.3) is 10.6 Å². The Bertz CT molecular complexity index is 1130. The highest BCUT2D eigenvalue weighted by atomic mass is 32.1. The van der Waals surface area contributed by atoms with E-state index in [1.165, 1.54) is 23.5 Å². The van der Waals surface area contributed by atoms with Crippen LogP contribution in [0.15, 0.2) is 42.5 Å². The Kier molecular flexibility index (Phi) is 6.10. The Morgan fingerprint density at radius 2 is 2.00 bits per heavy atom. The topological polar surface area (TPSA) is 68.7 Å². The number of carboxylic acids is 1. The molecule has 0 aliphatic carbocycles. The van der Waals surface area contributed by atoms with Crippen LogP contribution in [-0.4, -0.2) is 22.7 Å². The van der Waals surface area contributed by atoms with Gasteiger partial charge in [-0.3, -0.25) is 4.79 Å². The van der Waals surface area contributed by atoms with Crippen molar-refractivity contribution in [3.63, 3.8) is 0 Å². The number of carbonyl (C=O) groups is 1. The number of hydrogen-bond donors (Lipinski definition) is 1. The smallest absolute Gasteiger partial charge is 0.416 e. The summed E-state index contributed by atoms with van der Waals surface area (Å²) in [6, 6.07) is 10.4. The molecule has 1 atom stereocenters. The molecule has 3 aromatic rings. The molecule has 9 heteroatoms. The van der Waals surface area contributed by atoms with Crippen LogP contribution < -0.4 is 9.47 Å². The molecule has 0 spiro atoms. The van der Waals surface area contributed by atoms with Crippen molar-refractivity contribution in [3.8, 4) is 22.1 Å². The molecular weight excluding hydrogens is 443 g/mol. The fraction of sp³-hybridized carbons (Fsp3) is 0.304. The number of hydrogen-bond acceptors (Lipinski definition) is 5. The van der Waals surface area contributed by atoms with Crippen LogP contribution in [0.4, 0.5) is 13.2 Å².